The SMILES string of the molecule is C[C@H](NN)c1ccc(S(C)(=O)=O)cc1. The normalized spacial score (nSPS) is 13.9. The summed E-state index contributed by atoms with van der Waals surface area (Å²) in [6.07, 6.45) is 1.19. The quantitative estimate of drug-likeness (QED) is 0.571. The van der Waals surface area contributed by atoms with E-state index in [2.05, 4.69) is 5.43 Å². The Balaban J connectivity index is 3.01. The van der Waals surface area contributed by atoms with Gasteiger partial charge in [-0.3, -0.25) is 11.3 Å². The number of benzene rings is 1. The zero-order valence-corrected chi connectivity index (χ0v) is 9.01. The van der Waals surface area contributed by atoms with Crippen LogP contribution < -0.4 is 11.3 Å². The van der Waals surface area contributed by atoms with Crippen molar-refractivity contribution in [1.82, 2.24) is 5.43 Å². The second-order valence-corrected chi connectivity index (χ2v) is 5.25. The molecule has 1 aromatic carbocycles. The van der Waals surface area contributed by atoms with Crippen LogP contribution >= 0.6 is 0 Å². The van der Waals surface area contributed by atoms with E-state index >= 15 is 0 Å². The third kappa shape index (κ3) is 2.54. The molecule has 1 aromatic rings. The van der Waals surface area contributed by atoms with Crippen LogP contribution in [0.2, 0.25) is 0 Å². The van der Waals surface area contributed by atoms with Crippen molar-refractivity contribution in [2.75, 3.05) is 6.26 Å². The van der Waals surface area contributed by atoms with Crippen LogP contribution in [0.4, 0.5) is 0 Å². The highest BCUT2D eigenvalue weighted by Gasteiger charge is 2.07. The minimum Gasteiger partial charge on any atom is -0.271 e. The van der Waals surface area contributed by atoms with Gasteiger partial charge in [0.15, 0.2) is 9.84 Å². The van der Waals surface area contributed by atoms with Crippen LogP contribution in [0.5, 0.6) is 0 Å². The van der Waals surface area contributed by atoms with Crippen LogP contribution in [0.15, 0.2) is 29.2 Å². The molecule has 0 bridgehead atoms. The molecule has 0 saturated carbocycles. The summed E-state index contributed by atoms with van der Waals surface area (Å²) in [6, 6.07) is 6.68. The standard InChI is InChI=1S/C9H14N2O2S/c1-7(11-10)8-3-5-9(6-4-8)14(2,12)13/h3-7,11H,10H2,1-2H3/t7-/m0/s1. The first-order chi connectivity index (χ1) is 6.45. The van der Waals surface area contributed by atoms with Crippen LogP contribution in [0.3, 0.4) is 0 Å². The van der Waals surface area contributed by atoms with E-state index in [1.165, 1.54) is 6.26 Å². The maximum absolute atomic E-state index is 11.1. The predicted molar refractivity (Wildman–Crippen MR) is 55.3 cm³/mol. The van der Waals surface area contributed by atoms with Crippen molar-refractivity contribution < 1.29 is 8.42 Å². The van der Waals surface area contributed by atoms with Gasteiger partial charge in [0.05, 0.1) is 4.90 Å². The molecule has 0 aliphatic rings. The third-order valence-corrected chi connectivity index (χ3v) is 3.19. The Hall–Kier alpha value is -0.910. The molecule has 0 aliphatic carbocycles. The zero-order chi connectivity index (χ0) is 10.8. The summed E-state index contributed by atoms with van der Waals surface area (Å²) in [4.78, 5) is 0.325. The first kappa shape index (κ1) is 11.2. The first-order valence-corrected chi connectivity index (χ1v) is 6.10. The summed E-state index contributed by atoms with van der Waals surface area (Å²) in [6.45, 7) is 1.90. The van der Waals surface area contributed by atoms with Gasteiger partial charge in [0.25, 0.3) is 0 Å². The van der Waals surface area contributed by atoms with Gasteiger partial charge in [-0.25, -0.2) is 8.42 Å². The van der Waals surface area contributed by atoms with E-state index < -0.39 is 9.84 Å². The smallest absolute Gasteiger partial charge is 0.175 e. The fourth-order valence-corrected chi connectivity index (χ4v) is 1.73. The Labute approximate surface area is 84.0 Å². The van der Waals surface area contributed by atoms with Crippen molar-refractivity contribution in [2.45, 2.75) is 17.9 Å². The summed E-state index contributed by atoms with van der Waals surface area (Å²) >= 11 is 0. The van der Waals surface area contributed by atoms with Gasteiger partial charge in [-0.15, -0.1) is 0 Å². The number of rotatable bonds is 3. The number of sulfone groups is 1. The van der Waals surface area contributed by atoms with Gasteiger partial charge in [-0.2, -0.15) is 0 Å². The van der Waals surface area contributed by atoms with Crippen LogP contribution in [-0.4, -0.2) is 14.7 Å². The molecule has 4 nitrogen and oxygen atoms in total. The fraction of sp³-hybridized carbons (Fsp3) is 0.333. The Morgan fingerprint density at radius 1 is 1.29 bits per heavy atom. The molecular weight excluding hydrogens is 200 g/mol. The molecule has 0 aromatic heterocycles. The minimum atomic E-state index is -3.10. The molecule has 5 heteroatoms. The van der Waals surface area contributed by atoms with E-state index in [0.29, 0.717) is 4.90 Å². The van der Waals surface area contributed by atoms with Crippen molar-refractivity contribution >= 4 is 9.84 Å². The molecule has 78 valence electrons. The average molecular weight is 214 g/mol. The molecule has 3 N–H and O–H groups in total. The lowest BCUT2D eigenvalue weighted by atomic mass is 10.1. The van der Waals surface area contributed by atoms with Crippen molar-refractivity contribution in [2.24, 2.45) is 5.84 Å². The highest BCUT2D eigenvalue weighted by molar-refractivity contribution is 7.90. The lowest BCUT2D eigenvalue weighted by Gasteiger charge is -2.10. The number of hydrogen-bond donors (Lipinski definition) is 2. The van der Waals surface area contributed by atoms with E-state index in [4.69, 9.17) is 5.84 Å². The topological polar surface area (TPSA) is 72.2 Å². The summed E-state index contributed by atoms with van der Waals surface area (Å²) in [5, 5.41) is 0. The second kappa shape index (κ2) is 4.08. The Kier molecular flexibility index (Phi) is 3.25. The summed E-state index contributed by atoms with van der Waals surface area (Å²) in [5.74, 6) is 5.26. The van der Waals surface area contributed by atoms with Crippen LogP contribution in [0.25, 0.3) is 0 Å². The van der Waals surface area contributed by atoms with Gasteiger partial charge < -0.3 is 0 Å². The van der Waals surface area contributed by atoms with Gasteiger partial charge in [0.1, 0.15) is 0 Å². The van der Waals surface area contributed by atoms with Gasteiger partial charge in [0.2, 0.25) is 0 Å². The molecule has 0 aliphatic heterocycles. The van der Waals surface area contributed by atoms with Crippen LogP contribution in [-0.2, 0) is 9.84 Å². The van der Waals surface area contributed by atoms with E-state index in [0.717, 1.165) is 5.56 Å². The highest BCUT2D eigenvalue weighted by atomic mass is 32.2. The predicted octanol–water partition coefficient (Wildman–Crippen LogP) is 0.614. The lowest BCUT2D eigenvalue weighted by molar-refractivity contribution is 0.597. The number of hydrogen-bond acceptors (Lipinski definition) is 4. The van der Waals surface area contributed by atoms with Gasteiger partial charge in [0, 0.05) is 12.3 Å². The van der Waals surface area contributed by atoms with Gasteiger partial charge in [-0.05, 0) is 24.6 Å². The van der Waals surface area contributed by atoms with Crippen LogP contribution in [0, 0.1) is 0 Å². The molecule has 0 spiro atoms. The molecule has 0 amide bonds. The summed E-state index contributed by atoms with van der Waals surface area (Å²) in [7, 11) is -3.10. The molecule has 0 unspecified atom stereocenters. The van der Waals surface area contributed by atoms with E-state index in [1.54, 1.807) is 24.3 Å². The molecule has 1 atom stereocenters. The molecular formula is C9H14N2O2S. The number of hydrazine groups is 1. The highest BCUT2D eigenvalue weighted by Crippen LogP contribution is 2.15. The van der Waals surface area contributed by atoms with E-state index in [9.17, 15) is 8.42 Å². The summed E-state index contributed by atoms with van der Waals surface area (Å²) < 4.78 is 22.3. The van der Waals surface area contributed by atoms with E-state index in [1.807, 2.05) is 6.92 Å². The second-order valence-electron chi connectivity index (χ2n) is 3.23. The molecule has 0 radical (unpaired) electrons. The molecule has 0 saturated heterocycles. The van der Waals surface area contributed by atoms with Crippen LogP contribution in [0.1, 0.15) is 18.5 Å². The maximum Gasteiger partial charge on any atom is 0.175 e. The van der Waals surface area contributed by atoms with Crippen molar-refractivity contribution in [3.63, 3.8) is 0 Å². The fourth-order valence-electron chi connectivity index (χ4n) is 1.10. The maximum atomic E-state index is 11.1. The number of nitrogens with one attached hydrogen (secondary N) is 1. The molecule has 0 heterocycles. The summed E-state index contributed by atoms with van der Waals surface area (Å²) in [5.41, 5.74) is 3.55. The minimum absolute atomic E-state index is 0.0172. The Bertz CT molecular complexity index is 397. The third-order valence-electron chi connectivity index (χ3n) is 2.06. The Morgan fingerprint density at radius 2 is 1.79 bits per heavy atom. The van der Waals surface area contributed by atoms with Crippen molar-refractivity contribution in [3.8, 4) is 0 Å². The first-order valence-electron chi connectivity index (χ1n) is 4.21. The zero-order valence-electron chi connectivity index (χ0n) is 8.19. The molecule has 0 fully saturated rings. The van der Waals surface area contributed by atoms with E-state index in [-0.39, 0.29) is 6.04 Å². The van der Waals surface area contributed by atoms with Crippen molar-refractivity contribution in [3.05, 3.63) is 29.8 Å². The largest absolute Gasteiger partial charge is 0.271 e. The van der Waals surface area contributed by atoms with Gasteiger partial charge >= 0.3 is 0 Å². The lowest BCUT2D eigenvalue weighted by Crippen LogP contribution is -2.25. The Morgan fingerprint density at radius 3 is 2.14 bits per heavy atom. The van der Waals surface area contributed by atoms with Gasteiger partial charge in [-0.1, -0.05) is 12.1 Å². The number of nitrogens with two attached hydrogens (primary N) is 1. The molecule has 1 rings (SSSR count). The van der Waals surface area contributed by atoms with Crippen molar-refractivity contribution in [1.29, 1.82) is 0 Å². The molecule has 14 heavy (non-hydrogen) atoms. The average Bonchev–Trinajstić information content (AvgIpc) is 2.15. The monoisotopic (exact) mass is 214 g/mol.